The molecule has 0 aliphatic rings. The van der Waals surface area contributed by atoms with Gasteiger partial charge < -0.3 is 9.64 Å². The molecule has 0 bridgehead atoms. The van der Waals surface area contributed by atoms with Gasteiger partial charge in [0.25, 0.3) is 5.91 Å². The van der Waals surface area contributed by atoms with E-state index in [-0.39, 0.29) is 12.5 Å². The fourth-order valence-corrected chi connectivity index (χ4v) is 2.10. The minimum atomic E-state index is -0.471. The number of likely N-dealkylation sites (N-methyl/N-ethyl adjacent to an activating group) is 1. The molecule has 114 valence electrons. The first-order chi connectivity index (χ1) is 9.83. The Balaban J connectivity index is 2.63. The topological polar surface area (TPSA) is 46.6 Å². The van der Waals surface area contributed by atoms with Crippen molar-refractivity contribution in [2.24, 2.45) is 0 Å². The van der Waals surface area contributed by atoms with Crippen LogP contribution < -0.4 is 0 Å². The maximum Gasteiger partial charge on any atom is 0.338 e. The van der Waals surface area contributed by atoms with Gasteiger partial charge in [0, 0.05) is 13.1 Å². The second kappa shape index (κ2) is 7.62. The summed E-state index contributed by atoms with van der Waals surface area (Å²) in [7, 11) is 0. The molecule has 0 aromatic heterocycles. The first kappa shape index (κ1) is 17.0. The molecule has 0 saturated carbocycles. The molecule has 0 radical (unpaired) electrons. The first-order valence-electron chi connectivity index (χ1n) is 7.01. The Morgan fingerprint density at radius 1 is 1.19 bits per heavy atom. The molecule has 21 heavy (non-hydrogen) atoms. The van der Waals surface area contributed by atoms with Gasteiger partial charge in [-0.2, -0.15) is 0 Å². The molecule has 0 aliphatic carbocycles. The average molecular weight is 289 g/mol. The van der Waals surface area contributed by atoms with Gasteiger partial charge >= 0.3 is 5.97 Å². The maximum absolute atomic E-state index is 12.0. The predicted octanol–water partition coefficient (Wildman–Crippen LogP) is 2.88. The van der Waals surface area contributed by atoms with Crippen LogP contribution in [0.15, 0.2) is 30.4 Å². The fraction of sp³-hybridized carbons (Fsp3) is 0.412. The van der Waals surface area contributed by atoms with E-state index in [1.807, 2.05) is 33.8 Å². The van der Waals surface area contributed by atoms with Crippen molar-refractivity contribution >= 4 is 11.9 Å². The summed E-state index contributed by atoms with van der Waals surface area (Å²) >= 11 is 0. The Bertz CT molecular complexity index is 529. The maximum atomic E-state index is 12.0. The van der Waals surface area contributed by atoms with Gasteiger partial charge in [-0.05, 0) is 39.8 Å². The highest BCUT2D eigenvalue weighted by atomic mass is 16.5. The van der Waals surface area contributed by atoms with E-state index >= 15 is 0 Å². The Labute approximate surface area is 126 Å². The second-order valence-corrected chi connectivity index (χ2v) is 5.32. The summed E-state index contributed by atoms with van der Waals surface area (Å²) < 4.78 is 5.10. The number of ether oxygens (including phenoxy) is 1. The highest BCUT2D eigenvalue weighted by molar-refractivity contribution is 5.91. The van der Waals surface area contributed by atoms with Crippen molar-refractivity contribution in [3.8, 4) is 0 Å². The number of esters is 1. The molecule has 1 aromatic carbocycles. The summed E-state index contributed by atoms with van der Waals surface area (Å²) in [4.78, 5) is 25.6. The number of hydrogen-bond acceptors (Lipinski definition) is 3. The number of aryl methyl sites for hydroxylation is 2. The lowest BCUT2D eigenvalue weighted by atomic mass is 10.1. The molecule has 4 nitrogen and oxygen atoms in total. The Kier molecular flexibility index (Phi) is 6.15. The number of amides is 1. The van der Waals surface area contributed by atoms with Crippen LogP contribution in [0.3, 0.4) is 0 Å². The van der Waals surface area contributed by atoms with E-state index in [2.05, 4.69) is 6.58 Å². The standard InChI is InChI=1S/C17H23NO3/c1-6-18(10-12(2)3)16(19)11-21-17(20)15-8-13(4)7-14(5)9-15/h7-9H,2,6,10-11H2,1,3-5H3. The Hall–Kier alpha value is -2.10. The van der Waals surface area contributed by atoms with Crippen LogP contribution in [0.4, 0.5) is 0 Å². The zero-order valence-corrected chi connectivity index (χ0v) is 13.2. The fourth-order valence-electron chi connectivity index (χ4n) is 2.10. The monoisotopic (exact) mass is 289 g/mol. The van der Waals surface area contributed by atoms with E-state index in [4.69, 9.17) is 4.74 Å². The second-order valence-electron chi connectivity index (χ2n) is 5.32. The summed E-state index contributed by atoms with van der Waals surface area (Å²) in [5, 5.41) is 0. The molecule has 4 heteroatoms. The van der Waals surface area contributed by atoms with Crippen molar-refractivity contribution in [3.63, 3.8) is 0 Å². The van der Waals surface area contributed by atoms with Crippen LogP contribution in [0, 0.1) is 13.8 Å². The largest absolute Gasteiger partial charge is 0.452 e. The quantitative estimate of drug-likeness (QED) is 0.597. The van der Waals surface area contributed by atoms with Crippen LogP contribution in [-0.4, -0.2) is 36.5 Å². The lowest BCUT2D eigenvalue weighted by Gasteiger charge is -2.20. The van der Waals surface area contributed by atoms with Crippen LogP contribution in [0.1, 0.15) is 35.3 Å². The summed E-state index contributed by atoms with van der Waals surface area (Å²) in [6.45, 7) is 12.2. The molecule has 0 N–H and O–H groups in total. The third kappa shape index (κ3) is 5.42. The predicted molar refractivity (Wildman–Crippen MR) is 83.3 cm³/mol. The summed E-state index contributed by atoms with van der Waals surface area (Å²) in [6.07, 6.45) is 0. The van der Waals surface area contributed by atoms with Gasteiger partial charge in [0.05, 0.1) is 5.56 Å². The van der Waals surface area contributed by atoms with Crippen molar-refractivity contribution in [1.29, 1.82) is 0 Å². The number of rotatable bonds is 6. The van der Waals surface area contributed by atoms with E-state index in [9.17, 15) is 9.59 Å². The van der Waals surface area contributed by atoms with Crippen LogP contribution in [-0.2, 0) is 9.53 Å². The molecule has 0 atom stereocenters. The van der Waals surface area contributed by atoms with E-state index in [0.717, 1.165) is 16.7 Å². The van der Waals surface area contributed by atoms with Gasteiger partial charge in [-0.3, -0.25) is 4.79 Å². The molecule has 1 amide bonds. The van der Waals surface area contributed by atoms with Gasteiger partial charge in [0.2, 0.25) is 0 Å². The summed E-state index contributed by atoms with van der Waals surface area (Å²) in [5.74, 6) is -0.681. The molecule has 0 fully saturated rings. The number of carbonyl (C=O) groups excluding carboxylic acids is 2. The normalized spacial score (nSPS) is 10.1. The molecule has 0 unspecified atom stereocenters. The highest BCUT2D eigenvalue weighted by Gasteiger charge is 2.15. The van der Waals surface area contributed by atoms with Crippen LogP contribution in [0.5, 0.6) is 0 Å². The summed E-state index contributed by atoms with van der Waals surface area (Å²) in [5.41, 5.74) is 3.35. The van der Waals surface area contributed by atoms with E-state index in [1.54, 1.807) is 17.0 Å². The molecule has 1 aromatic rings. The molecule has 0 saturated heterocycles. The van der Waals surface area contributed by atoms with E-state index in [1.165, 1.54) is 0 Å². The zero-order chi connectivity index (χ0) is 16.0. The van der Waals surface area contributed by atoms with Crippen LogP contribution in [0.25, 0.3) is 0 Å². The van der Waals surface area contributed by atoms with Gasteiger partial charge in [-0.1, -0.05) is 29.3 Å². The number of nitrogens with zero attached hydrogens (tertiary/aromatic N) is 1. The smallest absolute Gasteiger partial charge is 0.338 e. The molecule has 0 spiro atoms. The van der Waals surface area contributed by atoms with Gasteiger partial charge in [-0.15, -0.1) is 0 Å². The molecular weight excluding hydrogens is 266 g/mol. The van der Waals surface area contributed by atoms with Crippen molar-refractivity contribution in [1.82, 2.24) is 4.90 Å². The van der Waals surface area contributed by atoms with Crippen molar-refractivity contribution in [3.05, 3.63) is 47.0 Å². The summed E-state index contributed by atoms with van der Waals surface area (Å²) in [6, 6.07) is 5.49. The van der Waals surface area contributed by atoms with E-state index < -0.39 is 5.97 Å². The number of carbonyl (C=O) groups is 2. The minimum Gasteiger partial charge on any atom is -0.452 e. The lowest BCUT2D eigenvalue weighted by Crippen LogP contribution is -2.35. The minimum absolute atomic E-state index is 0.210. The van der Waals surface area contributed by atoms with Gasteiger partial charge in [0.1, 0.15) is 0 Å². The average Bonchev–Trinajstić information content (AvgIpc) is 2.40. The first-order valence-corrected chi connectivity index (χ1v) is 7.01. The third-order valence-corrected chi connectivity index (χ3v) is 2.98. The van der Waals surface area contributed by atoms with Crippen molar-refractivity contribution in [2.75, 3.05) is 19.7 Å². The molecule has 0 heterocycles. The lowest BCUT2D eigenvalue weighted by molar-refractivity contribution is -0.133. The highest BCUT2D eigenvalue weighted by Crippen LogP contribution is 2.10. The van der Waals surface area contributed by atoms with E-state index in [0.29, 0.717) is 18.7 Å². The van der Waals surface area contributed by atoms with Gasteiger partial charge in [0.15, 0.2) is 6.61 Å². The SMILES string of the molecule is C=C(C)CN(CC)C(=O)COC(=O)c1cc(C)cc(C)c1. The van der Waals surface area contributed by atoms with Crippen molar-refractivity contribution < 1.29 is 14.3 Å². The zero-order valence-electron chi connectivity index (χ0n) is 13.2. The van der Waals surface area contributed by atoms with Crippen molar-refractivity contribution in [2.45, 2.75) is 27.7 Å². The van der Waals surface area contributed by atoms with Crippen LogP contribution in [0.2, 0.25) is 0 Å². The van der Waals surface area contributed by atoms with Gasteiger partial charge in [-0.25, -0.2) is 4.79 Å². The molecule has 0 aliphatic heterocycles. The van der Waals surface area contributed by atoms with Crippen LogP contribution >= 0.6 is 0 Å². The number of benzene rings is 1. The molecule has 1 rings (SSSR count). The molecular formula is C17H23NO3. The Morgan fingerprint density at radius 3 is 2.24 bits per heavy atom. The number of hydrogen-bond donors (Lipinski definition) is 0. The Morgan fingerprint density at radius 2 is 1.76 bits per heavy atom. The third-order valence-electron chi connectivity index (χ3n) is 2.98.